The van der Waals surface area contributed by atoms with Crippen molar-refractivity contribution >= 4 is 17.2 Å². The molecule has 2 aromatic heterocycles. The Kier molecular flexibility index (Phi) is 7.17. The molecule has 0 atom stereocenters. The summed E-state index contributed by atoms with van der Waals surface area (Å²) in [5.41, 5.74) is 4.09. The van der Waals surface area contributed by atoms with Gasteiger partial charge >= 0.3 is 0 Å². The molecule has 2 aliphatic heterocycles. The number of hydrogen-bond acceptors (Lipinski definition) is 7. The zero-order chi connectivity index (χ0) is 26.0. The summed E-state index contributed by atoms with van der Waals surface area (Å²) in [5, 5.41) is 12.1. The van der Waals surface area contributed by atoms with Crippen LogP contribution in [0.5, 0.6) is 0 Å². The van der Waals surface area contributed by atoms with Crippen LogP contribution in [-0.4, -0.2) is 77.1 Å². The Hall–Kier alpha value is -3.06. The molecule has 2 N–H and O–H groups in total. The molecule has 196 valence electrons. The van der Waals surface area contributed by atoms with Gasteiger partial charge in [0.05, 0.1) is 28.8 Å². The maximum atomic E-state index is 13.0. The minimum absolute atomic E-state index is 0.115. The van der Waals surface area contributed by atoms with E-state index < -0.39 is 0 Å². The number of carbonyl (C=O) groups excluding carboxylic acids is 1. The summed E-state index contributed by atoms with van der Waals surface area (Å²) in [6, 6.07) is 6.06. The van der Waals surface area contributed by atoms with E-state index in [9.17, 15) is 4.79 Å². The summed E-state index contributed by atoms with van der Waals surface area (Å²) in [7, 11) is 2.18. The third-order valence-corrected chi connectivity index (χ3v) is 8.24. The number of piperazine rings is 1. The van der Waals surface area contributed by atoms with Gasteiger partial charge in [-0.3, -0.25) is 9.69 Å². The first kappa shape index (κ1) is 25.6. The number of allylic oxidation sites excluding steroid dienone is 2. The molecule has 2 aromatic rings. The van der Waals surface area contributed by atoms with Crippen molar-refractivity contribution in [2.75, 3.05) is 51.8 Å². The van der Waals surface area contributed by atoms with E-state index in [-0.39, 0.29) is 28.4 Å². The fourth-order valence-electron chi connectivity index (χ4n) is 5.71. The zero-order valence-electron chi connectivity index (χ0n) is 22.1. The number of aromatic amines is 1. The molecular formula is C28H37N7O2. The number of amides is 1. The van der Waals surface area contributed by atoms with Crippen LogP contribution in [0.2, 0.25) is 0 Å². The molecule has 37 heavy (non-hydrogen) atoms. The Bertz CT molecular complexity index is 1210. The van der Waals surface area contributed by atoms with Crippen molar-refractivity contribution in [2.45, 2.75) is 51.5 Å². The second kappa shape index (κ2) is 10.4. The van der Waals surface area contributed by atoms with Crippen LogP contribution < -0.4 is 5.32 Å². The van der Waals surface area contributed by atoms with E-state index in [0.29, 0.717) is 5.69 Å². The van der Waals surface area contributed by atoms with Crippen LogP contribution in [0.15, 0.2) is 24.4 Å². The highest BCUT2D eigenvalue weighted by molar-refractivity contribution is 6.03. The highest BCUT2D eigenvalue weighted by Gasteiger charge is 2.42. The largest absolute Gasteiger partial charge is 0.381 e. The van der Waals surface area contributed by atoms with Crippen molar-refractivity contribution in [1.82, 2.24) is 24.8 Å². The first-order valence-corrected chi connectivity index (χ1v) is 13.3. The number of likely N-dealkylation sites (N-methyl/N-ethyl adjacent to an activating group) is 1. The summed E-state index contributed by atoms with van der Waals surface area (Å²) in [5.74, 6) is -0.266. The molecule has 5 rings (SSSR count). The van der Waals surface area contributed by atoms with E-state index in [0.717, 1.165) is 82.9 Å². The normalized spacial score (nSPS) is 22.2. The summed E-state index contributed by atoms with van der Waals surface area (Å²) >= 11 is 0. The van der Waals surface area contributed by atoms with Crippen molar-refractivity contribution in [3.63, 3.8) is 0 Å². The molecule has 0 saturated carbocycles. The van der Waals surface area contributed by atoms with Gasteiger partial charge in [0.25, 0.3) is 5.91 Å². The molecule has 4 heterocycles. The molecule has 0 aromatic carbocycles. The van der Waals surface area contributed by atoms with Gasteiger partial charge in [-0.2, -0.15) is 5.26 Å². The molecule has 0 unspecified atom stereocenters. The number of nitriles is 1. The highest BCUT2D eigenvalue weighted by atomic mass is 16.5. The van der Waals surface area contributed by atoms with Crippen molar-refractivity contribution in [3.05, 3.63) is 47.3 Å². The summed E-state index contributed by atoms with van der Waals surface area (Å²) in [6.45, 7) is 10.1. The van der Waals surface area contributed by atoms with Gasteiger partial charge in [-0.25, -0.2) is 9.97 Å². The number of carbonyl (C=O) groups is 1. The number of H-pyrrole nitrogens is 1. The molecule has 9 nitrogen and oxygen atoms in total. The smallest absolute Gasteiger partial charge is 0.291 e. The Morgan fingerprint density at radius 2 is 1.92 bits per heavy atom. The Morgan fingerprint density at radius 3 is 2.57 bits per heavy atom. The van der Waals surface area contributed by atoms with E-state index in [4.69, 9.17) is 15.0 Å². The molecule has 0 spiro atoms. The van der Waals surface area contributed by atoms with Crippen molar-refractivity contribution in [3.8, 4) is 6.07 Å². The molecule has 2 fully saturated rings. The fraction of sp³-hybridized carbons (Fsp3) is 0.571. The van der Waals surface area contributed by atoms with E-state index in [1.807, 2.05) is 12.1 Å². The van der Waals surface area contributed by atoms with E-state index in [1.165, 1.54) is 11.8 Å². The average Bonchev–Trinajstić information content (AvgIpc) is 3.40. The standard InChI is InChI=1S/C28H37N7O2/c1-27(2)8-6-20(7-9-27)24-22(32-26(36)25-30-19-21(18-29)31-25)4-5-23(33-24)28(10-16-37-17-11-28)35-14-12-34(3)13-15-35/h4-6,19H,7-17H2,1-3H3,(H,30,31)(H,32,36). The SMILES string of the molecule is CN1CCN(C2(c3ccc(NC(=O)c4ncc(C#N)[nH]4)c(C4=CCC(C)(C)CC4)n3)CCOCC2)CC1. The van der Waals surface area contributed by atoms with E-state index in [1.54, 1.807) is 0 Å². The monoisotopic (exact) mass is 503 g/mol. The molecule has 0 radical (unpaired) electrons. The van der Waals surface area contributed by atoms with Crippen LogP contribution in [0.3, 0.4) is 0 Å². The van der Waals surface area contributed by atoms with Crippen LogP contribution in [0.25, 0.3) is 5.57 Å². The van der Waals surface area contributed by atoms with Crippen LogP contribution >= 0.6 is 0 Å². The number of hydrogen-bond donors (Lipinski definition) is 2. The second-order valence-corrected chi connectivity index (χ2v) is 11.3. The number of rotatable bonds is 5. The van der Waals surface area contributed by atoms with Gasteiger partial charge in [0.2, 0.25) is 0 Å². The number of anilines is 1. The fourth-order valence-corrected chi connectivity index (χ4v) is 5.71. The third kappa shape index (κ3) is 5.33. The molecule has 9 heteroatoms. The van der Waals surface area contributed by atoms with Gasteiger partial charge in [0, 0.05) is 39.4 Å². The minimum atomic E-state index is -0.381. The highest BCUT2D eigenvalue weighted by Crippen LogP contribution is 2.42. The molecule has 0 bridgehead atoms. The number of nitrogens with one attached hydrogen (secondary N) is 2. The van der Waals surface area contributed by atoms with Gasteiger partial charge in [-0.15, -0.1) is 0 Å². The number of imidazole rings is 1. The quantitative estimate of drug-likeness (QED) is 0.639. The second-order valence-electron chi connectivity index (χ2n) is 11.3. The number of nitrogens with zero attached hydrogens (tertiary/aromatic N) is 5. The zero-order valence-corrected chi connectivity index (χ0v) is 22.1. The van der Waals surface area contributed by atoms with E-state index in [2.05, 4.69) is 58.1 Å². The molecule has 1 amide bonds. The van der Waals surface area contributed by atoms with Gasteiger partial charge in [0.15, 0.2) is 5.82 Å². The molecular weight excluding hydrogens is 466 g/mol. The van der Waals surface area contributed by atoms with Crippen molar-refractivity contribution in [2.24, 2.45) is 5.41 Å². The Morgan fingerprint density at radius 1 is 1.16 bits per heavy atom. The summed E-state index contributed by atoms with van der Waals surface area (Å²) in [6.07, 6.45) is 8.43. The van der Waals surface area contributed by atoms with Gasteiger partial charge < -0.3 is 19.9 Å². The molecule has 1 aliphatic carbocycles. The number of ether oxygens (including phenoxy) is 1. The average molecular weight is 504 g/mol. The van der Waals surface area contributed by atoms with Crippen LogP contribution in [0.4, 0.5) is 5.69 Å². The Balaban J connectivity index is 1.53. The van der Waals surface area contributed by atoms with Crippen LogP contribution in [0, 0.1) is 16.7 Å². The van der Waals surface area contributed by atoms with Gasteiger partial charge in [-0.05, 0) is 62.3 Å². The lowest BCUT2D eigenvalue weighted by Gasteiger charge is -2.49. The Labute approximate surface area is 218 Å². The van der Waals surface area contributed by atoms with Gasteiger partial charge in [0.1, 0.15) is 11.8 Å². The first-order valence-electron chi connectivity index (χ1n) is 13.3. The maximum absolute atomic E-state index is 13.0. The van der Waals surface area contributed by atoms with Crippen LogP contribution in [-0.2, 0) is 10.3 Å². The maximum Gasteiger partial charge on any atom is 0.291 e. The predicted molar refractivity (Wildman–Crippen MR) is 142 cm³/mol. The molecule has 3 aliphatic rings. The minimum Gasteiger partial charge on any atom is -0.381 e. The lowest BCUT2D eigenvalue weighted by molar-refractivity contribution is -0.0506. The van der Waals surface area contributed by atoms with E-state index >= 15 is 0 Å². The van der Waals surface area contributed by atoms with Gasteiger partial charge in [-0.1, -0.05) is 19.9 Å². The van der Waals surface area contributed by atoms with Crippen LogP contribution in [0.1, 0.15) is 73.7 Å². The topological polar surface area (TPSA) is 110 Å². The summed E-state index contributed by atoms with van der Waals surface area (Å²) < 4.78 is 5.80. The number of aromatic nitrogens is 3. The van der Waals surface area contributed by atoms with Crippen molar-refractivity contribution < 1.29 is 9.53 Å². The molecule has 2 saturated heterocycles. The number of pyridine rings is 1. The third-order valence-electron chi connectivity index (χ3n) is 8.24. The predicted octanol–water partition coefficient (Wildman–Crippen LogP) is 3.78. The van der Waals surface area contributed by atoms with Crippen molar-refractivity contribution in [1.29, 1.82) is 5.26 Å². The first-order chi connectivity index (χ1) is 17.8. The summed E-state index contributed by atoms with van der Waals surface area (Å²) in [4.78, 5) is 30.2. The lowest BCUT2D eigenvalue weighted by Crippen LogP contribution is -2.57. The lowest BCUT2D eigenvalue weighted by atomic mass is 9.77.